The first-order valence-corrected chi connectivity index (χ1v) is 10.5. The Morgan fingerprint density at radius 1 is 1.03 bits per heavy atom. The third-order valence-electron chi connectivity index (χ3n) is 7.19. The molecule has 1 aromatic carbocycles. The highest BCUT2D eigenvalue weighted by molar-refractivity contribution is 6.41. The first kappa shape index (κ1) is 18.5. The number of nitrogens with zero attached hydrogens (tertiary/aromatic N) is 3. The predicted molar refractivity (Wildman–Crippen MR) is 116 cm³/mol. The van der Waals surface area contributed by atoms with Crippen molar-refractivity contribution in [3.05, 3.63) is 53.3 Å². The van der Waals surface area contributed by atoms with Crippen molar-refractivity contribution in [3.63, 3.8) is 0 Å². The molecule has 29 heavy (non-hydrogen) atoms. The van der Waals surface area contributed by atoms with E-state index in [-0.39, 0.29) is 5.41 Å². The Morgan fingerprint density at radius 3 is 2.45 bits per heavy atom. The lowest BCUT2D eigenvalue weighted by Crippen LogP contribution is -2.43. The predicted octanol–water partition coefficient (Wildman–Crippen LogP) is 4.17. The molecule has 5 heteroatoms. The number of aromatic nitrogens is 1. The Bertz CT molecular complexity index is 1010. The lowest BCUT2D eigenvalue weighted by molar-refractivity contribution is -0.000371. The molecule has 0 amide bonds. The summed E-state index contributed by atoms with van der Waals surface area (Å²) in [5.41, 5.74) is 12.5. The number of rotatable bonds is 2. The third kappa shape index (κ3) is 2.67. The molecule has 2 heterocycles. The van der Waals surface area contributed by atoms with Crippen molar-refractivity contribution in [2.75, 3.05) is 7.11 Å². The number of methoxy groups -OCH3 is 1. The summed E-state index contributed by atoms with van der Waals surface area (Å²) in [7, 11) is 1.82. The highest BCUT2D eigenvalue weighted by atomic mass is 16.5. The molecule has 2 spiro atoms. The minimum atomic E-state index is -0.590. The molecule has 0 saturated heterocycles. The van der Waals surface area contributed by atoms with Crippen molar-refractivity contribution in [3.8, 4) is 11.1 Å². The Labute approximate surface area is 172 Å². The third-order valence-corrected chi connectivity index (χ3v) is 7.19. The average molecular weight is 389 g/mol. The molecule has 1 unspecified atom stereocenters. The maximum Gasteiger partial charge on any atom is 0.184 e. The molecule has 150 valence electrons. The van der Waals surface area contributed by atoms with Gasteiger partial charge in [0.1, 0.15) is 5.84 Å². The normalized spacial score (nSPS) is 30.5. The minimum Gasteiger partial charge on any atom is -0.382 e. The number of hydrogen-bond donors (Lipinski definition) is 1. The maximum absolute atomic E-state index is 6.29. The molecule has 1 fully saturated rings. The SMILES string of the molecule is COC1CCC2(CC1)Cc1ccc(-c3ccnc(C)c3)cc1C21N=C(C)C(N)=N1. The van der Waals surface area contributed by atoms with E-state index in [1.807, 2.05) is 27.2 Å². The van der Waals surface area contributed by atoms with Gasteiger partial charge in [-0.3, -0.25) is 9.98 Å². The number of nitrogens with two attached hydrogens (primary N) is 1. The summed E-state index contributed by atoms with van der Waals surface area (Å²) in [5, 5.41) is 0. The Morgan fingerprint density at radius 2 is 1.79 bits per heavy atom. The van der Waals surface area contributed by atoms with Gasteiger partial charge in [0.05, 0.1) is 11.8 Å². The first-order chi connectivity index (χ1) is 14.0. The summed E-state index contributed by atoms with van der Waals surface area (Å²) < 4.78 is 5.65. The fraction of sp³-hybridized carbons (Fsp3) is 0.458. The molecule has 1 aromatic heterocycles. The van der Waals surface area contributed by atoms with Crippen molar-refractivity contribution >= 4 is 11.5 Å². The van der Waals surface area contributed by atoms with Gasteiger partial charge in [-0.15, -0.1) is 0 Å². The second kappa shape index (κ2) is 6.49. The van der Waals surface area contributed by atoms with Gasteiger partial charge in [-0.2, -0.15) is 0 Å². The van der Waals surface area contributed by atoms with Crippen LogP contribution in [0.2, 0.25) is 0 Å². The Kier molecular flexibility index (Phi) is 4.14. The van der Waals surface area contributed by atoms with E-state index in [1.165, 1.54) is 22.3 Å². The van der Waals surface area contributed by atoms with Crippen LogP contribution in [-0.4, -0.2) is 29.7 Å². The van der Waals surface area contributed by atoms with Crippen LogP contribution in [0.3, 0.4) is 0 Å². The van der Waals surface area contributed by atoms with Gasteiger partial charge in [0, 0.05) is 30.0 Å². The molecular formula is C24H28N4O. The molecule has 1 saturated carbocycles. The Hall–Kier alpha value is -2.53. The van der Waals surface area contributed by atoms with Gasteiger partial charge >= 0.3 is 0 Å². The zero-order chi connectivity index (χ0) is 20.2. The van der Waals surface area contributed by atoms with Crippen molar-refractivity contribution in [2.24, 2.45) is 21.1 Å². The van der Waals surface area contributed by atoms with E-state index in [4.69, 9.17) is 20.5 Å². The van der Waals surface area contributed by atoms with Crippen LogP contribution >= 0.6 is 0 Å². The fourth-order valence-electron chi connectivity index (χ4n) is 5.58. The molecule has 0 bridgehead atoms. The van der Waals surface area contributed by atoms with E-state index in [2.05, 4.69) is 35.3 Å². The van der Waals surface area contributed by atoms with Crippen LogP contribution < -0.4 is 5.73 Å². The molecule has 2 aromatic rings. The molecule has 2 N–H and O–H groups in total. The van der Waals surface area contributed by atoms with Gasteiger partial charge in [0.25, 0.3) is 0 Å². The number of fused-ring (bicyclic) bond motifs is 3. The lowest BCUT2D eigenvalue weighted by Gasteiger charge is -2.44. The van der Waals surface area contributed by atoms with Crippen LogP contribution in [0.1, 0.15) is 49.4 Å². The van der Waals surface area contributed by atoms with E-state index in [9.17, 15) is 0 Å². The van der Waals surface area contributed by atoms with Crippen LogP contribution in [0, 0.1) is 12.3 Å². The lowest BCUT2D eigenvalue weighted by atomic mass is 9.65. The van der Waals surface area contributed by atoms with E-state index in [0.29, 0.717) is 11.9 Å². The van der Waals surface area contributed by atoms with Crippen molar-refractivity contribution < 1.29 is 4.74 Å². The van der Waals surface area contributed by atoms with E-state index < -0.39 is 5.66 Å². The van der Waals surface area contributed by atoms with Crippen molar-refractivity contribution in [2.45, 2.75) is 57.7 Å². The molecule has 0 radical (unpaired) electrons. The maximum atomic E-state index is 6.29. The van der Waals surface area contributed by atoms with Crippen molar-refractivity contribution in [1.29, 1.82) is 0 Å². The van der Waals surface area contributed by atoms with Gasteiger partial charge < -0.3 is 10.5 Å². The van der Waals surface area contributed by atoms with E-state index in [0.717, 1.165) is 43.5 Å². The summed E-state index contributed by atoms with van der Waals surface area (Å²) in [6.45, 7) is 4.01. The molecule has 1 atom stereocenters. The number of aryl methyl sites for hydroxylation is 1. The van der Waals surface area contributed by atoms with Crippen LogP contribution in [0.5, 0.6) is 0 Å². The zero-order valence-electron chi connectivity index (χ0n) is 17.4. The van der Waals surface area contributed by atoms with Gasteiger partial charge in [-0.25, -0.2) is 4.99 Å². The number of benzene rings is 1. The van der Waals surface area contributed by atoms with Gasteiger partial charge in [0.15, 0.2) is 5.66 Å². The molecule has 5 nitrogen and oxygen atoms in total. The number of ether oxygens (including phenoxy) is 1. The number of pyridine rings is 1. The van der Waals surface area contributed by atoms with E-state index in [1.54, 1.807) is 0 Å². The largest absolute Gasteiger partial charge is 0.382 e. The summed E-state index contributed by atoms with van der Waals surface area (Å²) in [5.74, 6) is 0.580. The fourth-order valence-corrected chi connectivity index (χ4v) is 5.58. The summed E-state index contributed by atoms with van der Waals surface area (Å²) in [6.07, 6.45) is 7.41. The van der Waals surface area contributed by atoms with E-state index >= 15 is 0 Å². The molecule has 5 rings (SSSR count). The zero-order valence-corrected chi connectivity index (χ0v) is 17.4. The van der Waals surface area contributed by atoms with Crippen molar-refractivity contribution in [1.82, 2.24) is 4.98 Å². The summed E-state index contributed by atoms with van der Waals surface area (Å²) in [4.78, 5) is 14.6. The van der Waals surface area contributed by atoms with Crippen LogP contribution in [0.4, 0.5) is 0 Å². The topological polar surface area (TPSA) is 72.9 Å². The monoisotopic (exact) mass is 388 g/mol. The molecular weight excluding hydrogens is 360 g/mol. The number of amidine groups is 1. The molecule has 3 aliphatic rings. The highest BCUT2D eigenvalue weighted by Gasteiger charge is 2.60. The van der Waals surface area contributed by atoms with Gasteiger partial charge in [0.2, 0.25) is 0 Å². The molecule has 2 aliphatic carbocycles. The van der Waals surface area contributed by atoms with Crippen LogP contribution in [0.25, 0.3) is 11.1 Å². The standard InChI is InChI=1S/C24H28N4O/c1-15-12-18(8-11-26-15)17-4-5-19-14-23(9-6-20(29-3)7-10-23)24(21(19)13-17)27-16(2)22(25)28-24/h4-5,8,11-13,20H,6-7,9-10,14H2,1-3H3,(H2,25,28). The number of hydrogen-bond acceptors (Lipinski definition) is 5. The second-order valence-electron chi connectivity index (χ2n) is 8.82. The average Bonchev–Trinajstić information content (AvgIpc) is 3.16. The second-order valence-corrected chi connectivity index (χ2v) is 8.82. The highest BCUT2D eigenvalue weighted by Crippen LogP contribution is 2.62. The quantitative estimate of drug-likeness (QED) is 0.839. The number of aliphatic imine (C=N–C) groups is 2. The summed E-state index contributed by atoms with van der Waals surface area (Å²) in [6, 6.07) is 11.0. The summed E-state index contributed by atoms with van der Waals surface area (Å²) >= 11 is 0. The first-order valence-electron chi connectivity index (χ1n) is 10.5. The smallest absolute Gasteiger partial charge is 0.184 e. The molecule has 1 aliphatic heterocycles. The van der Waals surface area contributed by atoms with Gasteiger partial charge in [-0.05, 0) is 80.8 Å². The van der Waals surface area contributed by atoms with Gasteiger partial charge in [-0.1, -0.05) is 12.1 Å². The van der Waals surface area contributed by atoms with Crippen LogP contribution in [0.15, 0.2) is 46.5 Å². The Balaban J connectivity index is 1.65. The minimum absolute atomic E-state index is 0.0144. The van der Waals surface area contributed by atoms with Crippen LogP contribution in [-0.2, 0) is 16.8 Å².